The lowest BCUT2D eigenvalue weighted by atomic mass is 10.1. The van der Waals surface area contributed by atoms with Crippen molar-refractivity contribution in [1.29, 1.82) is 0 Å². The molecule has 0 aliphatic rings. The number of para-hydroxylation sites is 1. The highest BCUT2D eigenvalue weighted by Gasteiger charge is 2.18. The average Bonchev–Trinajstić information content (AvgIpc) is 3.20. The van der Waals surface area contributed by atoms with Crippen molar-refractivity contribution in [1.82, 2.24) is 20.1 Å². The molecule has 3 rings (SSSR count). The molecule has 0 saturated carbocycles. The Morgan fingerprint density at radius 3 is 2.59 bits per heavy atom. The Bertz CT molecular complexity index is 1110. The van der Waals surface area contributed by atoms with Gasteiger partial charge in [-0.15, -0.1) is 10.2 Å². The van der Waals surface area contributed by atoms with E-state index in [2.05, 4.69) is 22.1 Å². The normalized spacial score (nSPS) is 10.6. The summed E-state index contributed by atoms with van der Waals surface area (Å²) in [6.07, 6.45) is 0.394. The predicted molar refractivity (Wildman–Crippen MR) is 123 cm³/mol. The SMILES string of the molecule is C=C(Cl)CSc1nnc(CCNC(=O)c2cccc(OC)c2OC)n1-c1ccc(F)cc1. The maximum atomic E-state index is 13.4. The second-order valence-electron chi connectivity index (χ2n) is 6.56. The van der Waals surface area contributed by atoms with Crippen molar-refractivity contribution >= 4 is 29.3 Å². The van der Waals surface area contributed by atoms with Crippen LogP contribution in [0.1, 0.15) is 16.2 Å². The van der Waals surface area contributed by atoms with Crippen LogP contribution in [-0.4, -0.2) is 47.2 Å². The number of amides is 1. The minimum atomic E-state index is -0.341. The van der Waals surface area contributed by atoms with Crippen molar-refractivity contribution < 1.29 is 18.7 Å². The summed E-state index contributed by atoms with van der Waals surface area (Å²) in [7, 11) is 2.99. The van der Waals surface area contributed by atoms with Gasteiger partial charge in [0.25, 0.3) is 5.91 Å². The summed E-state index contributed by atoms with van der Waals surface area (Å²) in [4.78, 5) is 12.7. The third kappa shape index (κ3) is 5.60. The van der Waals surface area contributed by atoms with E-state index in [0.717, 1.165) is 0 Å². The number of carbonyl (C=O) groups is 1. The van der Waals surface area contributed by atoms with E-state index in [0.29, 0.717) is 57.5 Å². The van der Waals surface area contributed by atoms with Gasteiger partial charge >= 0.3 is 0 Å². The molecule has 3 aromatic rings. The molecule has 0 atom stereocenters. The van der Waals surface area contributed by atoms with Crippen molar-refractivity contribution in [2.45, 2.75) is 11.6 Å². The Hall–Kier alpha value is -3.04. The quantitative estimate of drug-likeness (QED) is 0.441. The molecule has 0 aliphatic heterocycles. The van der Waals surface area contributed by atoms with Crippen LogP contribution >= 0.6 is 23.4 Å². The van der Waals surface area contributed by atoms with Crippen molar-refractivity contribution in [3.05, 3.63) is 71.3 Å². The lowest BCUT2D eigenvalue weighted by Crippen LogP contribution is -2.27. The van der Waals surface area contributed by atoms with Gasteiger partial charge in [0.05, 0.1) is 19.8 Å². The standard InChI is InChI=1S/C22H22ClFN4O3S/c1-14(23)13-32-22-27-26-19(28(22)16-9-7-15(24)8-10-16)11-12-25-21(29)17-5-4-6-18(30-2)20(17)31-3/h4-10H,1,11-13H2,2-3H3,(H,25,29). The zero-order valence-corrected chi connectivity index (χ0v) is 19.2. The molecule has 32 heavy (non-hydrogen) atoms. The van der Waals surface area contributed by atoms with Gasteiger partial charge in [-0.1, -0.05) is 36.0 Å². The van der Waals surface area contributed by atoms with E-state index in [-0.39, 0.29) is 11.7 Å². The molecule has 0 unspecified atom stereocenters. The van der Waals surface area contributed by atoms with Gasteiger partial charge in [-0.3, -0.25) is 9.36 Å². The van der Waals surface area contributed by atoms with Crippen LogP contribution in [0.25, 0.3) is 5.69 Å². The Morgan fingerprint density at radius 1 is 1.19 bits per heavy atom. The van der Waals surface area contributed by atoms with Crippen molar-refractivity contribution in [3.8, 4) is 17.2 Å². The van der Waals surface area contributed by atoms with Gasteiger partial charge in [-0.05, 0) is 36.4 Å². The number of benzene rings is 2. The highest BCUT2D eigenvalue weighted by Crippen LogP contribution is 2.30. The molecule has 2 aromatic carbocycles. The maximum absolute atomic E-state index is 13.4. The lowest BCUT2D eigenvalue weighted by Gasteiger charge is -2.13. The van der Waals surface area contributed by atoms with Crippen LogP contribution in [0, 0.1) is 5.82 Å². The van der Waals surface area contributed by atoms with Gasteiger partial charge in [0.15, 0.2) is 16.7 Å². The van der Waals surface area contributed by atoms with E-state index in [1.807, 2.05) is 4.57 Å². The van der Waals surface area contributed by atoms with E-state index in [1.54, 1.807) is 30.3 Å². The molecule has 1 aromatic heterocycles. The summed E-state index contributed by atoms with van der Waals surface area (Å²) in [5.74, 6) is 1.25. The molecule has 0 fully saturated rings. The molecule has 10 heteroatoms. The van der Waals surface area contributed by atoms with Crippen LogP contribution in [0.3, 0.4) is 0 Å². The number of carbonyl (C=O) groups excluding carboxylic acids is 1. The first-order valence-corrected chi connectivity index (χ1v) is 11.0. The molecule has 0 saturated heterocycles. The van der Waals surface area contributed by atoms with Gasteiger partial charge in [-0.2, -0.15) is 0 Å². The summed E-state index contributed by atoms with van der Waals surface area (Å²) in [5.41, 5.74) is 1.07. The van der Waals surface area contributed by atoms with Crippen LogP contribution < -0.4 is 14.8 Å². The fraction of sp³-hybridized carbons (Fsp3) is 0.227. The first-order valence-electron chi connectivity index (χ1n) is 9.60. The highest BCUT2D eigenvalue weighted by atomic mass is 35.5. The highest BCUT2D eigenvalue weighted by molar-refractivity contribution is 7.99. The van der Waals surface area contributed by atoms with Gasteiger partial charge < -0.3 is 14.8 Å². The fourth-order valence-corrected chi connectivity index (χ4v) is 3.88. The van der Waals surface area contributed by atoms with E-state index < -0.39 is 0 Å². The number of hydrogen-bond donors (Lipinski definition) is 1. The molecular weight excluding hydrogens is 455 g/mol. The number of aromatic nitrogens is 3. The molecule has 7 nitrogen and oxygen atoms in total. The second kappa shape index (κ2) is 11.0. The molecule has 1 N–H and O–H groups in total. The van der Waals surface area contributed by atoms with Crippen LogP contribution in [0.4, 0.5) is 4.39 Å². The molecular formula is C22H22ClFN4O3S. The number of nitrogens with zero attached hydrogens (tertiary/aromatic N) is 3. The van der Waals surface area contributed by atoms with Gasteiger partial charge in [0.1, 0.15) is 11.6 Å². The van der Waals surface area contributed by atoms with E-state index in [1.165, 1.54) is 38.1 Å². The van der Waals surface area contributed by atoms with Gasteiger partial charge in [0, 0.05) is 29.4 Å². The first kappa shape index (κ1) is 23.6. The number of hydrogen-bond acceptors (Lipinski definition) is 6. The third-order valence-corrected chi connectivity index (χ3v) is 5.73. The van der Waals surface area contributed by atoms with Gasteiger partial charge in [0.2, 0.25) is 0 Å². The smallest absolute Gasteiger partial charge is 0.255 e. The van der Waals surface area contributed by atoms with E-state index in [9.17, 15) is 9.18 Å². The first-order chi connectivity index (χ1) is 15.4. The third-order valence-electron chi connectivity index (χ3n) is 4.42. The Morgan fingerprint density at radius 2 is 1.94 bits per heavy atom. The molecule has 168 valence electrons. The zero-order chi connectivity index (χ0) is 23.1. The Kier molecular flexibility index (Phi) is 8.13. The zero-order valence-electron chi connectivity index (χ0n) is 17.6. The molecule has 0 bridgehead atoms. The monoisotopic (exact) mass is 476 g/mol. The lowest BCUT2D eigenvalue weighted by molar-refractivity contribution is 0.0950. The van der Waals surface area contributed by atoms with Crippen LogP contribution in [0.5, 0.6) is 11.5 Å². The minimum absolute atomic E-state index is 0.297. The molecule has 0 radical (unpaired) electrons. The van der Waals surface area contributed by atoms with Crippen molar-refractivity contribution in [3.63, 3.8) is 0 Å². The summed E-state index contributed by atoms with van der Waals surface area (Å²) in [5, 5.41) is 12.4. The van der Waals surface area contributed by atoms with Crippen LogP contribution in [0.2, 0.25) is 0 Å². The molecule has 1 amide bonds. The maximum Gasteiger partial charge on any atom is 0.255 e. The molecule has 0 spiro atoms. The number of thioether (sulfide) groups is 1. The van der Waals surface area contributed by atoms with Crippen LogP contribution in [-0.2, 0) is 6.42 Å². The summed E-state index contributed by atoms with van der Waals surface area (Å²) >= 11 is 7.25. The summed E-state index contributed by atoms with van der Waals surface area (Å²) < 4.78 is 25.8. The Balaban J connectivity index is 1.77. The largest absolute Gasteiger partial charge is 0.493 e. The predicted octanol–water partition coefficient (Wildman–Crippen LogP) is 4.24. The van der Waals surface area contributed by atoms with E-state index >= 15 is 0 Å². The topological polar surface area (TPSA) is 78.3 Å². The second-order valence-corrected chi connectivity index (χ2v) is 8.04. The molecule has 1 heterocycles. The number of ether oxygens (including phenoxy) is 2. The fourth-order valence-electron chi connectivity index (χ4n) is 3.00. The number of halogens is 2. The summed E-state index contributed by atoms with van der Waals surface area (Å²) in [6, 6.07) is 11.1. The van der Waals surface area contributed by atoms with Crippen molar-refractivity contribution in [2.24, 2.45) is 0 Å². The van der Waals surface area contributed by atoms with Crippen molar-refractivity contribution in [2.75, 3.05) is 26.5 Å². The van der Waals surface area contributed by atoms with Gasteiger partial charge in [-0.25, -0.2) is 4.39 Å². The molecule has 0 aliphatic carbocycles. The number of methoxy groups -OCH3 is 2. The number of nitrogens with one attached hydrogen (secondary N) is 1. The van der Waals surface area contributed by atoms with Crippen LogP contribution in [0.15, 0.2) is 59.2 Å². The number of rotatable bonds is 10. The average molecular weight is 477 g/mol. The Labute approximate surface area is 194 Å². The minimum Gasteiger partial charge on any atom is -0.493 e. The summed E-state index contributed by atoms with van der Waals surface area (Å²) in [6.45, 7) is 3.98. The van der Waals surface area contributed by atoms with E-state index in [4.69, 9.17) is 21.1 Å².